The van der Waals surface area contributed by atoms with Gasteiger partial charge in [-0.1, -0.05) is 35.0 Å². The van der Waals surface area contributed by atoms with Gasteiger partial charge in [-0.15, -0.1) is 0 Å². The minimum atomic E-state index is -1.12. The highest BCUT2D eigenvalue weighted by Crippen LogP contribution is 2.35. The molecule has 1 heterocycles. The van der Waals surface area contributed by atoms with Crippen molar-refractivity contribution in [2.45, 2.75) is 19.9 Å². The molecular formula is C20H16ClFN2O4. The zero-order chi connectivity index (χ0) is 20.6. The van der Waals surface area contributed by atoms with E-state index in [4.69, 9.17) is 27.0 Å². The first-order chi connectivity index (χ1) is 13.2. The summed E-state index contributed by atoms with van der Waals surface area (Å²) >= 11 is 6.09. The molecule has 0 aliphatic carbocycles. The number of nitrogens with zero attached hydrogens (tertiary/aromatic N) is 1. The minimum absolute atomic E-state index is 0.0273. The molecule has 3 aromatic rings. The van der Waals surface area contributed by atoms with Gasteiger partial charge in [0.25, 0.3) is 0 Å². The van der Waals surface area contributed by atoms with Gasteiger partial charge in [0.15, 0.2) is 5.78 Å². The Bertz CT molecular complexity index is 1070. The van der Waals surface area contributed by atoms with Gasteiger partial charge in [-0.25, -0.2) is 9.18 Å². The van der Waals surface area contributed by atoms with Crippen molar-refractivity contribution in [3.05, 3.63) is 75.3 Å². The summed E-state index contributed by atoms with van der Waals surface area (Å²) in [6.07, 6.45) is 0. The van der Waals surface area contributed by atoms with Crippen LogP contribution in [-0.2, 0) is 0 Å². The van der Waals surface area contributed by atoms with Crippen LogP contribution in [0.25, 0.3) is 11.3 Å². The molecule has 3 rings (SSSR count). The number of hydrogen-bond donors (Lipinski definition) is 2. The number of ketones is 1. The molecule has 28 heavy (non-hydrogen) atoms. The third-order valence-corrected chi connectivity index (χ3v) is 4.75. The molecule has 0 fully saturated rings. The number of aryl methyl sites for hydroxylation is 2. The number of carboxylic acids is 1. The number of aromatic nitrogens is 1. The Kier molecular flexibility index (Phi) is 5.31. The second kappa shape index (κ2) is 7.53. The molecule has 1 unspecified atom stereocenters. The molecule has 1 aromatic heterocycles. The molecule has 144 valence electrons. The minimum Gasteiger partial charge on any atom is -0.478 e. The van der Waals surface area contributed by atoms with Crippen LogP contribution in [0.15, 0.2) is 40.9 Å². The molecule has 0 aliphatic rings. The zero-order valence-corrected chi connectivity index (χ0v) is 15.7. The molecule has 0 spiro atoms. The van der Waals surface area contributed by atoms with Crippen molar-refractivity contribution in [2.24, 2.45) is 5.73 Å². The molecule has 0 saturated heterocycles. The lowest BCUT2D eigenvalue weighted by Gasteiger charge is -2.13. The molecule has 0 bridgehead atoms. The molecule has 2 aromatic carbocycles. The number of carboxylic acid groups (broad SMARTS) is 1. The second-order valence-corrected chi connectivity index (χ2v) is 6.69. The lowest BCUT2D eigenvalue weighted by atomic mass is 9.93. The smallest absolute Gasteiger partial charge is 0.335 e. The summed E-state index contributed by atoms with van der Waals surface area (Å²) in [5.41, 5.74) is 7.07. The van der Waals surface area contributed by atoms with Gasteiger partial charge in [-0.3, -0.25) is 4.79 Å². The van der Waals surface area contributed by atoms with Gasteiger partial charge in [-0.05, 0) is 43.2 Å². The average molecular weight is 403 g/mol. The van der Waals surface area contributed by atoms with Crippen LogP contribution in [-0.4, -0.2) is 22.0 Å². The van der Waals surface area contributed by atoms with Crippen molar-refractivity contribution >= 4 is 23.4 Å². The fraction of sp³-hybridized carbons (Fsp3) is 0.150. The van der Waals surface area contributed by atoms with E-state index in [9.17, 15) is 14.0 Å². The van der Waals surface area contributed by atoms with Crippen LogP contribution in [0.5, 0.6) is 0 Å². The van der Waals surface area contributed by atoms with Gasteiger partial charge in [-0.2, -0.15) is 0 Å². The van der Waals surface area contributed by atoms with Crippen LogP contribution >= 0.6 is 11.6 Å². The largest absolute Gasteiger partial charge is 0.478 e. The number of Topliss-reactive ketones (excluding diaryl/α,β-unsaturated/α-hetero) is 1. The van der Waals surface area contributed by atoms with Crippen LogP contribution in [0.3, 0.4) is 0 Å². The highest BCUT2D eigenvalue weighted by molar-refractivity contribution is 6.33. The Hall–Kier alpha value is -3.03. The maximum atomic E-state index is 14.3. The second-order valence-electron chi connectivity index (χ2n) is 6.28. The number of halogens is 2. The predicted molar refractivity (Wildman–Crippen MR) is 101 cm³/mol. The number of carbonyl (C=O) groups excluding carboxylic acids is 1. The van der Waals surface area contributed by atoms with Crippen molar-refractivity contribution in [1.82, 2.24) is 5.16 Å². The number of rotatable bonds is 5. The topological polar surface area (TPSA) is 106 Å². The standard InChI is InChI=1S/C20H16ClFN2O4/c1-9-8-11(6-7-12(9)20(26)27)17(23)19(25)15-10(2)28-24-18(15)16-13(21)4-3-5-14(16)22/h3-8,17H,23H2,1-2H3,(H,26,27). The number of aromatic carboxylic acids is 1. The Morgan fingerprint density at radius 1 is 1.25 bits per heavy atom. The number of carbonyl (C=O) groups is 2. The van der Waals surface area contributed by atoms with Crippen LogP contribution in [0.4, 0.5) is 4.39 Å². The Labute approximate surface area is 164 Å². The molecule has 6 nitrogen and oxygen atoms in total. The fourth-order valence-corrected chi connectivity index (χ4v) is 3.24. The molecule has 0 radical (unpaired) electrons. The van der Waals surface area contributed by atoms with E-state index in [0.29, 0.717) is 11.1 Å². The summed E-state index contributed by atoms with van der Waals surface area (Å²) < 4.78 is 19.4. The first kappa shape index (κ1) is 19.7. The fourth-order valence-electron chi connectivity index (χ4n) is 2.98. The summed E-state index contributed by atoms with van der Waals surface area (Å²) in [4.78, 5) is 24.2. The number of hydrogen-bond acceptors (Lipinski definition) is 5. The SMILES string of the molecule is Cc1cc(C(N)C(=O)c2c(-c3c(F)cccc3Cl)noc2C)ccc1C(=O)O. The van der Waals surface area contributed by atoms with Gasteiger partial charge in [0, 0.05) is 0 Å². The van der Waals surface area contributed by atoms with Gasteiger partial charge in [0.2, 0.25) is 0 Å². The number of benzene rings is 2. The maximum absolute atomic E-state index is 14.3. The van der Waals surface area contributed by atoms with E-state index in [0.717, 1.165) is 0 Å². The summed E-state index contributed by atoms with van der Waals surface area (Å²) in [5, 5.41) is 13.0. The number of nitrogens with two attached hydrogens (primary N) is 1. The highest BCUT2D eigenvalue weighted by atomic mass is 35.5. The summed E-state index contributed by atoms with van der Waals surface area (Å²) in [5.74, 6) is -2.09. The molecule has 8 heteroatoms. The van der Waals surface area contributed by atoms with Gasteiger partial charge < -0.3 is 15.4 Å². The lowest BCUT2D eigenvalue weighted by molar-refractivity contribution is 0.0696. The highest BCUT2D eigenvalue weighted by Gasteiger charge is 2.29. The molecular weight excluding hydrogens is 387 g/mol. The van der Waals surface area contributed by atoms with Crippen molar-refractivity contribution in [2.75, 3.05) is 0 Å². The average Bonchev–Trinajstić information content (AvgIpc) is 3.01. The van der Waals surface area contributed by atoms with Crippen molar-refractivity contribution in [3.63, 3.8) is 0 Å². The van der Waals surface area contributed by atoms with E-state index in [1.165, 1.54) is 43.3 Å². The Morgan fingerprint density at radius 2 is 1.96 bits per heavy atom. The van der Waals surface area contributed by atoms with Crippen LogP contribution in [0.1, 0.15) is 43.6 Å². The summed E-state index contributed by atoms with van der Waals surface area (Å²) in [7, 11) is 0. The van der Waals surface area contributed by atoms with E-state index in [-0.39, 0.29) is 33.2 Å². The van der Waals surface area contributed by atoms with Crippen LogP contribution in [0.2, 0.25) is 5.02 Å². The van der Waals surface area contributed by atoms with E-state index in [1.807, 2.05) is 0 Å². The zero-order valence-electron chi connectivity index (χ0n) is 15.0. The van der Waals surface area contributed by atoms with Gasteiger partial charge >= 0.3 is 5.97 Å². The first-order valence-electron chi connectivity index (χ1n) is 8.26. The monoisotopic (exact) mass is 402 g/mol. The van der Waals surface area contributed by atoms with E-state index >= 15 is 0 Å². The van der Waals surface area contributed by atoms with Gasteiger partial charge in [0.1, 0.15) is 17.3 Å². The molecule has 1 atom stereocenters. The van der Waals surface area contributed by atoms with Crippen molar-refractivity contribution < 1.29 is 23.6 Å². The predicted octanol–water partition coefficient (Wildman–Crippen LogP) is 4.33. The third-order valence-electron chi connectivity index (χ3n) is 4.43. The third kappa shape index (κ3) is 3.42. The molecule has 3 N–H and O–H groups in total. The van der Waals surface area contributed by atoms with E-state index < -0.39 is 23.6 Å². The quantitative estimate of drug-likeness (QED) is 0.615. The summed E-state index contributed by atoms with van der Waals surface area (Å²) in [6, 6.07) is 7.38. The van der Waals surface area contributed by atoms with E-state index in [2.05, 4.69) is 5.16 Å². The Morgan fingerprint density at radius 3 is 2.57 bits per heavy atom. The Balaban J connectivity index is 2.06. The van der Waals surface area contributed by atoms with Crippen molar-refractivity contribution in [3.8, 4) is 11.3 Å². The van der Waals surface area contributed by atoms with Gasteiger partial charge in [0.05, 0.1) is 27.8 Å². The molecule has 0 aliphatic heterocycles. The van der Waals surface area contributed by atoms with E-state index in [1.54, 1.807) is 6.92 Å². The maximum Gasteiger partial charge on any atom is 0.335 e. The van der Waals surface area contributed by atoms with Crippen LogP contribution < -0.4 is 5.73 Å². The summed E-state index contributed by atoms with van der Waals surface area (Å²) in [6.45, 7) is 3.13. The van der Waals surface area contributed by atoms with Crippen LogP contribution in [0, 0.1) is 19.7 Å². The first-order valence-corrected chi connectivity index (χ1v) is 8.64. The molecule has 0 amide bonds. The lowest BCUT2D eigenvalue weighted by Crippen LogP contribution is -2.23. The van der Waals surface area contributed by atoms with Crippen molar-refractivity contribution in [1.29, 1.82) is 0 Å². The normalized spacial score (nSPS) is 12.0. The molecule has 0 saturated carbocycles.